The van der Waals surface area contributed by atoms with E-state index in [1.807, 2.05) is 0 Å². The number of aliphatic hydroxyl groups is 1. The fourth-order valence-electron chi connectivity index (χ4n) is 0.440. The van der Waals surface area contributed by atoms with E-state index in [0.717, 1.165) is 0 Å². The molecule has 0 aromatic rings. The van der Waals surface area contributed by atoms with E-state index in [4.69, 9.17) is 5.11 Å². The van der Waals surface area contributed by atoms with Crippen molar-refractivity contribution >= 4 is 12.1 Å². The standard InChI is InChI=1S/C6H11NO5/c1-11-6(10)12-3-2-7-5(9)4-8/h8H,2-4H2,1H3,(H,7,9). The first kappa shape index (κ1) is 10.7. The minimum Gasteiger partial charge on any atom is -0.438 e. The maximum absolute atomic E-state index is 10.4. The van der Waals surface area contributed by atoms with Gasteiger partial charge in [0, 0.05) is 0 Å². The van der Waals surface area contributed by atoms with Gasteiger partial charge in [-0.05, 0) is 0 Å². The number of hydrogen-bond acceptors (Lipinski definition) is 5. The summed E-state index contributed by atoms with van der Waals surface area (Å²) in [6, 6.07) is 0. The zero-order valence-electron chi connectivity index (χ0n) is 6.70. The van der Waals surface area contributed by atoms with Gasteiger partial charge in [-0.1, -0.05) is 0 Å². The van der Waals surface area contributed by atoms with E-state index in [2.05, 4.69) is 14.8 Å². The van der Waals surface area contributed by atoms with Gasteiger partial charge in [-0.2, -0.15) is 0 Å². The summed E-state index contributed by atoms with van der Waals surface area (Å²) in [6.07, 6.45) is -0.798. The van der Waals surface area contributed by atoms with Gasteiger partial charge in [0.1, 0.15) is 13.2 Å². The van der Waals surface area contributed by atoms with Gasteiger partial charge in [-0.15, -0.1) is 0 Å². The average Bonchev–Trinajstić information content (AvgIpc) is 2.11. The van der Waals surface area contributed by atoms with Crippen LogP contribution in [0.15, 0.2) is 0 Å². The van der Waals surface area contributed by atoms with E-state index in [1.165, 1.54) is 7.11 Å². The molecule has 6 heteroatoms. The molecule has 0 heterocycles. The van der Waals surface area contributed by atoms with Gasteiger partial charge in [0.25, 0.3) is 0 Å². The molecule has 0 rings (SSSR count). The highest BCUT2D eigenvalue weighted by atomic mass is 16.7. The monoisotopic (exact) mass is 177 g/mol. The number of nitrogens with one attached hydrogen (secondary N) is 1. The van der Waals surface area contributed by atoms with Crippen molar-refractivity contribution in [2.75, 3.05) is 26.9 Å². The summed E-state index contributed by atoms with van der Waals surface area (Å²) in [6.45, 7) is -0.384. The van der Waals surface area contributed by atoms with Gasteiger partial charge in [0.05, 0.1) is 13.7 Å². The van der Waals surface area contributed by atoms with Crippen molar-refractivity contribution in [3.05, 3.63) is 0 Å². The first-order valence-electron chi connectivity index (χ1n) is 3.29. The Bertz CT molecular complexity index is 140. The minimum absolute atomic E-state index is 0.0262. The molecule has 0 atom stereocenters. The molecule has 0 radical (unpaired) electrons. The molecular weight excluding hydrogens is 166 g/mol. The van der Waals surface area contributed by atoms with Crippen LogP contribution in [0.25, 0.3) is 0 Å². The summed E-state index contributed by atoms with van der Waals surface area (Å²) in [5.74, 6) is -0.511. The summed E-state index contributed by atoms with van der Waals surface area (Å²) in [4.78, 5) is 20.7. The molecule has 0 saturated carbocycles. The SMILES string of the molecule is COC(=O)OCCNC(=O)CO. The van der Waals surface area contributed by atoms with Crippen molar-refractivity contribution in [3.63, 3.8) is 0 Å². The van der Waals surface area contributed by atoms with E-state index >= 15 is 0 Å². The topological polar surface area (TPSA) is 84.9 Å². The number of ether oxygens (including phenoxy) is 2. The second-order valence-corrected chi connectivity index (χ2v) is 1.81. The normalized spacial score (nSPS) is 8.83. The van der Waals surface area contributed by atoms with Gasteiger partial charge < -0.3 is 19.9 Å². The van der Waals surface area contributed by atoms with Crippen LogP contribution in [0.1, 0.15) is 0 Å². The Morgan fingerprint density at radius 2 is 2.17 bits per heavy atom. The molecule has 0 aliphatic carbocycles. The third-order valence-corrected chi connectivity index (χ3v) is 0.954. The molecule has 70 valence electrons. The molecule has 0 spiro atoms. The first-order chi connectivity index (χ1) is 5.70. The minimum atomic E-state index is -0.798. The quantitative estimate of drug-likeness (QED) is 0.419. The molecule has 6 nitrogen and oxygen atoms in total. The van der Waals surface area contributed by atoms with Crippen molar-refractivity contribution in [1.29, 1.82) is 0 Å². The second-order valence-electron chi connectivity index (χ2n) is 1.81. The summed E-state index contributed by atoms with van der Waals surface area (Å²) >= 11 is 0. The van der Waals surface area contributed by atoms with Crippen LogP contribution in [0.4, 0.5) is 4.79 Å². The smallest absolute Gasteiger partial charge is 0.438 e. The van der Waals surface area contributed by atoms with Gasteiger partial charge in [0.15, 0.2) is 0 Å². The molecule has 0 aliphatic rings. The highest BCUT2D eigenvalue weighted by Gasteiger charge is 2.00. The predicted molar refractivity (Wildman–Crippen MR) is 38.5 cm³/mol. The second kappa shape index (κ2) is 6.41. The lowest BCUT2D eigenvalue weighted by molar-refractivity contribution is -0.124. The zero-order chi connectivity index (χ0) is 9.40. The number of aliphatic hydroxyl groups excluding tert-OH is 1. The van der Waals surface area contributed by atoms with Crippen LogP contribution >= 0.6 is 0 Å². The Hall–Kier alpha value is -1.30. The summed E-state index contributed by atoms with van der Waals surface area (Å²) in [5, 5.41) is 10.5. The maximum atomic E-state index is 10.4. The van der Waals surface area contributed by atoms with Gasteiger partial charge >= 0.3 is 6.16 Å². The predicted octanol–water partition coefficient (Wildman–Crippen LogP) is -1.12. The number of rotatable bonds is 4. The van der Waals surface area contributed by atoms with Crippen LogP contribution in [0.5, 0.6) is 0 Å². The van der Waals surface area contributed by atoms with E-state index in [1.54, 1.807) is 0 Å². The Balaban J connectivity index is 3.21. The Morgan fingerprint density at radius 3 is 2.67 bits per heavy atom. The van der Waals surface area contributed by atoms with Crippen LogP contribution in [-0.4, -0.2) is 44.0 Å². The first-order valence-corrected chi connectivity index (χ1v) is 3.29. The highest BCUT2D eigenvalue weighted by Crippen LogP contribution is 1.79. The molecule has 0 unspecified atom stereocenters. The molecule has 0 fully saturated rings. The van der Waals surface area contributed by atoms with Crippen molar-refractivity contribution in [1.82, 2.24) is 5.32 Å². The van der Waals surface area contributed by atoms with Crippen LogP contribution in [0.2, 0.25) is 0 Å². The molecule has 0 saturated heterocycles. The van der Waals surface area contributed by atoms with Crippen molar-refractivity contribution in [3.8, 4) is 0 Å². The van der Waals surface area contributed by atoms with Crippen LogP contribution < -0.4 is 5.32 Å². The van der Waals surface area contributed by atoms with Crippen LogP contribution in [0.3, 0.4) is 0 Å². The molecule has 1 amide bonds. The Morgan fingerprint density at radius 1 is 1.50 bits per heavy atom. The van der Waals surface area contributed by atoms with Crippen LogP contribution in [-0.2, 0) is 14.3 Å². The maximum Gasteiger partial charge on any atom is 0.508 e. The molecule has 0 aliphatic heterocycles. The van der Waals surface area contributed by atoms with E-state index in [-0.39, 0.29) is 13.2 Å². The van der Waals surface area contributed by atoms with Crippen molar-refractivity contribution in [2.45, 2.75) is 0 Å². The lowest BCUT2D eigenvalue weighted by Gasteiger charge is -2.03. The van der Waals surface area contributed by atoms with E-state index in [0.29, 0.717) is 0 Å². The van der Waals surface area contributed by atoms with Crippen LogP contribution in [0, 0.1) is 0 Å². The number of methoxy groups -OCH3 is 1. The zero-order valence-corrected chi connectivity index (χ0v) is 6.70. The Kier molecular flexibility index (Phi) is 5.72. The molecular formula is C6H11NO5. The van der Waals surface area contributed by atoms with Gasteiger partial charge in [0.2, 0.25) is 5.91 Å². The van der Waals surface area contributed by atoms with E-state index in [9.17, 15) is 9.59 Å². The third kappa shape index (κ3) is 5.48. The fourth-order valence-corrected chi connectivity index (χ4v) is 0.440. The molecule has 2 N–H and O–H groups in total. The van der Waals surface area contributed by atoms with E-state index < -0.39 is 18.7 Å². The summed E-state index contributed by atoms with van der Waals surface area (Å²) in [7, 11) is 1.19. The summed E-state index contributed by atoms with van der Waals surface area (Å²) < 4.78 is 8.59. The molecule has 0 aromatic heterocycles. The summed E-state index contributed by atoms with van der Waals surface area (Å²) in [5.41, 5.74) is 0. The van der Waals surface area contributed by atoms with Crippen molar-refractivity contribution < 1.29 is 24.2 Å². The number of carbonyl (C=O) groups is 2. The molecule has 12 heavy (non-hydrogen) atoms. The number of carbonyl (C=O) groups excluding carboxylic acids is 2. The molecule has 0 bridgehead atoms. The highest BCUT2D eigenvalue weighted by molar-refractivity contribution is 5.76. The molecule has 0 aromatic carbocycles. The number of amides is 1. The van der Waals surface area contributed by atoms with Crippen molar-refractivity contribution in [2.24, 2.45) is 0 Å². The lowest BCUT2D eigenvalue weighted by Crippen LogP contribution is -2.30. The van der Waals surface area contributed by atoms with Gasteiger partial charge in [-0.3, -0.25) is 4.79 Å². The largest absolute Gasteiger partial charge is 0.508 e. The average molecular weight is 177 g/mol. The third-order valence-electron chi connectivity index (χ3n) is 0.954. The Labute approximate surface area is 69.5 Å². The van der Waals surface area contributed by atoms with Gasteiger partial charge in [-0.25, -0.2) is 4.79 Å². The fraction of sp³-hybridized carbons (Fsp3) is 0.667. The lowest BCUT2D eigenvalue weighted by atomic mass is 10.6. The number of hydrogen-bond donors (Lipinski definition) is 2.